The molecule has 2 nitrogen and oxygen atoms in total. The molecule has 0 aliphatic heterocycles. The van der Waals surface area contributed by atoms with Crippen LogP contribution in [0.2, 0.25) is 0 Å². The van der Waals surface area contributed by atoms with Gasteiger partial charge in [0.2, 0.25) is 0 Å². The van der Waals surface area contributed by atoms with Crippen LogP contribution in [-0.4, -0.2) is 11.7 Å². The second-order valence-electron chi connectivity index (χ2n) is 5.74. The highest BCUT2D eigenvalue weighted by molar-refractivity contribution is 9.10. The van der Waals surface area contributed by atoms with Crippen LogP contribution in [-0.2, 0) is 6.42 Å². The van der Waals surface area contributed by atoms with E-state index in [0.29, 0.717) is 12.5 Å². The van der Waals surface area contributed by atoms with E-state index in [1.54, 1.807) is 0 Å². The predicted molar refractivity (Wildman–Crippen MR) is 92.6 cm³/mol. The fourth-order valence-corrected chi connectivity index (χ4v) is 2.51. The molecule has 21 heavy (non-hydrogen) atoms. The Morgan fingerprint density at radius 2 is 1.62 bits per heavy atom. The smallest absolute Gasteiger partial charge is 0.0962 e. The maximum absolute atomic E-state index is 10.2. The lowest BCUT2D eigenvalue weighted by molar-refractivity contribution is 0.191. The van der Waals surface area contributed by atoms with Crippen molar-refractivity contribution in [1.29, 1.82) is 0 Å². The molecule has 2 aromatic rings. The van der Waals surface area contributed by atoms with Crippen molar-refractivity contribution in [3.8, 4) is 0 Å². The van der Waals surface area contributed by atoms with Crippen molar-refractivity contribution in [2.75, 3.05) is 11.9 Å². The van der Waals surface area contributed by atoms with Gasteiger partial charge in [-0.05, 0) is 47.7 Å². The lowest BCUT2D eigenvalue weighted by Gasteiger charge is -2.14. The van der Waals surface area contributed by atoms with Crippen molar-refractivity contribution >= 4 is 21.6 Å². The van der Waals surface area contributed by atoms with Crippen molar-refractivity contribution in [2.24, 2.45) is 5.92 Å². The Bertz CT molecular complexity index is 548. The Hall–Kier alpha value is -1.32. The van der Waals surface area contributed by atoms with E-state index in [1.807, 2.05) is 36.4 Å². The third-order valence-corrected chi connectivity index (χ3v) is 3.88. The molecule has 2 N–H and O–H groups in total. The van der Waals surface area contributed by atoms with E-state index >= 15 is 0 Å². The molecule has 0 radical (unpaired) electrons. The summed E-state index contributed by atoms with van der Waals surface area (Å²) in [5.74, 6) is 0.653. The number of anilines is 1. The summed E-state index contributed by atoms with van der Waals surface area (Å²) < 4.78 is 1.05. The van der Waals surface area contributed by atoms with Gasteiger partial charge >= 0.3 is 0 Å². The Morgan fingerprint density at radius 1 is 1.00 bits per heavy atom. The third-order valence-electron chi connectivity index (χ3n) is 3.35. The number of nitrogens with one attached hydrogen (secondary N) is 1. The van der Waals surface area contributed by atoms with Gasteiger partial charge in [-0.25, -0.2) is 0 Å². The summed E-state index contributed by atoms with van der Waals surface area (Å²) in [5.41, 5.74) is 3.28. The zero-order valence-electron chi connectivity index (χ0n) is 12.5. The molecule has 3 heteroatoms. The van der Waals surface area contributed by atoms with Gasteiger partial charge in [0.25, 0.3) is 0 Å². The van der Waals surface area contributed by atoms with Crippen molar-refractivity contribution in [1.82, 2.24) is 0 Å². The molecule has 2 aromatic carbocycles. The SMILES string of the molecule is CC(C)Cc1ccc(C(O)CNc2ccc(Br)cc2)cc1. The van der Waals surface area contributed by atoms with E-state index in [9.17, 15) is 5.11 Å². The van der Waals surface area contributed by atoms with E-state index in [0.717, 1.165) is 22.1 Å². The van der Waals surface area contributed by atoms with Crippen LogP contribution in [0, 0.1) is 5.92 Å². The first kappa shape index (κ1) is 16.1. The molecule has 2 rings (SSSR count). The molecule has 0 saturated heterocycles. The molecule has 0 aromatic heterocycles. The Morgan fingerprint density at radius 3 is 2.19 bits per heavy atom. The molecule has 0 amide bonds. The lowest BCUT2D eigenvalue weighted by Crippen LogP contribution is -2.12. The Kier molecular flexibility index (Phi) is 5.83. The van der Waals surface area contributed by atoms with Crippen LogP contribution in [0.1, 0.15) is 31.1 Å². The zero-order chi connectivity index (χ0) is 15.2. The topological polar surface area (TPSA) is 32.3 Å². The molecular weight excluding hydrogens is 326 g/mol. The van der Waals surface area contributed by atoms with E-state index < -0.39 is 6.10 Å². The van der Waals surface area contributed by atoms with Crippen molar-refractivity contribution in [3.63, 3.8) is 0 Å². The summed E-state index contributed by atoms with van der Waals surface area (Å²) in [6.45, 7) is 4.93. The summed E-state index contributed by atoms with van der Waals surface area (Å²) in [6, 6.07) is 16.2. The molecule has 0 aliphatic carbocycles. The Balaban J connectivity index is 1.90. The van der Waals surface area contributed by atoms with Crippen LogP contribution in [0.4, 0.5) is 5.69 Å². The van der Waals surface area contributed by atoms with Crippen LogP contribution in [0.3, 0.4) is 0 Å². The van der Waals surface area contributed by atoms with Gasteiger partial charge in [-0.2, -0.15) is 0 Å². The first-order valence-electron chi connectivity index (χ1n) is 7.31. The largest absolute Gasteiger partial charge is 0.387 e. The molecule has 1 unspecified atom stereocenters. The fourth-order valence-electron chi connectivity index (χ4n) is 2.25. The maximum Gasteiger partial charge on any atom is 0.0962 e. The fraction of sp³-hybridized carbons (Fsp3) is 0.333. The molecule has 1 atom stereocenters. The van der Waals surface area contributed by atoms with Gasteiger partial charge in [0, 0.05) is 16.7 Å². The summed E-state index contributed by atoms with van der Waals surface area (Å²) in [6.07, 6.45) is 0.579. The summed E-state index contributed by atoms with van der Waals surface area (Å²) in [7, 11) is 0. The Labute approximate surface area is 135 Å². The zero-order valence-corrected chi connectivity index (χ0v) is 14.1. The van der Waals surface area contributed by atoms with E-state index in [1.165, 1.54) is 5.56 Å². The number of hydrogen-bond donors (Lipinski definition) is 2. The summed E-state index contributed by atoms with van der Waals surface area (Å²) >= 11 is 3.41. The number of hydrogen-bond acceptors (Lipinski definition) is 2. The highest BCUT2D eigenvalue weighted by Gasteiger charge is 2.07. The van der Waals surface area contributed by atoms with Gasteiger partial charge in [-0.1, -0.05) is 54.0 Å². The number of aliphatic hydroxyl groups excluding tert-OH is 1. The number of benzene rings is 2. The molecular formula is C18H22BrNO. The standard InChI is InChI=1S/C18H22BrNO/c1-13(2)11-14-3-5-15(6-4-14)18(21)12-20-17-9-7-16(19)8-10-17/h3-10,13,18,20-21H,11-12H2,1-2H3. The van der Waals surface area contributed by atoms with E-state index in [2.05, 4.69) is 47.2 Å². The lowest BCUT2D eigenvalue weighted by atomic mass is 10.0. The van der Waals surface area contributed by atoms with Gasteiger partial charge in [-0.3, -0.25) is 0 Å². The van der Waals surface area contributed by atoms with Gasteiger partial charge < -0.3 is 10.4 Å². The van der Waals surface area contributed by atoms with E-state index in [4.69, 9.17) is 0 Å². The van der Waals surface area contributed by atoms with Crippen molar-refractivity contribution in [3.05, 3.63) is 64.1 Å². The molecule has 0 fully saturated rings. The second-order valence-corrected chi connectivity index (χ2v) is 6.66. The normalized spacial score (nSPS) is 12.4. The van der Waals surface area contributed by atoms with Crippen LogP contribution in [0.15, 0.2) is 53.0 Å². The minimum absolute atomic E-state index is 0.498. The quantitative estimate of drug-likeness (QED) is 0.786. The minimum Gasteiger partial charge on any atom is -0.387 e. The first-order chi connectivity index (χ1) is 10.0. The minimum atomic E-state index is -0.498. The second kappa shape index (κ2) is 7.62. The van der Waals surface area contributed by atoms with Crippen molar-refractivity contribution < 1.29 is 5.11 Å². The number of aliphatic hydroxyl groups is 1. The van der Waals surface area contributed by atoms with Crippen LogP contribution >= 0.6 is 15.9 Å². The summed E-state index contributed by atoms with van der Waals surface area (Å²) in [4.78, 5) is 0. The highest BCUT2D eigenvalue weighted by atomic mass is 79.9. The highest BCUT2D eigenvalue weighted by Crippen LogP contribution is 2.18. The maximum atomic E-state index is 10.2. The number of halogens is 1. The van der Waals surface area contributed by atoms with Gasteiger partial charge in [0.05, 0.1) is 6.10 Å². The van der Waals surface area contributed by atoms with Crippen LogP contribution in [0.25, 0.3) is 0 Å². The van der Waals surface area contributed by atoms with Gasteiger partial charge in [0.1, 0.15) is 0 Å². The predicted octanol–water partition coefficient (Wildman–Crippen LogP) is 4.79. The molecule has 112 valence electrons. The average Bonchev–Trinajstić information content (AvgIpc) is 2.46. The molecule has 0 spiro atoms. The monoisotopic (exact) mass is 347 g/mol. The third kappa shape index (κ3) is 5.18. The van der Waals surface area contributed by atoms with Gasteiger partial charge in [-0.15, -0.1) is 0 Å². The molecule has 0 heterocycles. The van der Waals surface area contributed by atoms with Gasteiger partial charge in [0.15, 0.2) is 0 Å². The molecule has 0 saturated carbocycles. The first-order valence-corrected chi connectivity index (χ1v) is 8.10. The summed E-state index contributed by atoms with van der Waals surface area (Å²) in [5, 5.41) is 13.5. The van der Waals surface area contributed by atoms with Crippen molar-refractivity contribution in [2.45, 2.75) is 26.4 Å². The van der Waals surface area contributed by atoms with E-state index in [-0.39, 0.29) is 0 Å². The van der Waals surface area contributed by atoms with Crippen LogP contribution < -0.4 is 5.32 Å². The number of rotatable bonds is 6. The molecule has 0 bridgehead atoms. The molecule has 0 aliphatic rings. The van der Waals surface area contributed by atoms with Crippen LogP contribution in [0.5, 0.6) is 0 Å². The average molecular weight is 348 g/mol.